The summed E-state index contributed by atoms with van der Waals surface area (Å²) in [5, 5.41) is 12.5. The van der Waals surface area contributed by atoms with E-state index in [0.29, 0.717) is 0 Å². The van der Waals surface area contributed by atoms with E-state index in [-0.39, 0.29) is 46.0 Å². The monoisotopic (exact) mass is 133 g/mol. The standard InChI is InChI=1S/2CN.Na.Ni/c2*1-2;;/q2*-1;;+2. The Kier molecular flexibility index (Phi) is 2580. The maximum Gasteiger partial charge on any atom is 2.00 e. The van der Waals surface area contributed by atoms with Crippen molar-refractivity contribution in [2.24, 2.45) is 0 Å². The second-order valence-electron chi connectivity index (χ2n) is 0. The van der Waals surface area contributed by atoms with Crippen LogP contribution in [0.15, 0.2) is 0 Å². The van der Waals surface area contributed by atoms with Crippen LogP contribution in [0.1, 0.15) is 0 Å². The SMILES string of the molecule is [C-]#N.[C-]#N.[Na].[Ni+2]. The Morgan fingerprint density at radius 2 is 0.833 bits per heavy atom. The average Bonchev–Trinajstić information content (AvgIpc) is 1.50. The molecule has 0 aromatic heterocycles. The Morgan fingerprint density at radius 1 is 0.833 bits per heavy atom. The molecule has 0 heterocycles. The van der Waals surface area contributed by atoms with E-state index in [0.717, 1.165) is 0 Å². The summed E-state index contributed by atoms with van der Waals surface area (Å²) in [6.45, 7) is 9.50. The van der Waals surface area contributed by atoms with Gasteiger partial charge in [-0.25, -0.2) is 0 Å². The van der Waals surface area contributed by atoms with Crippen LogP contribution in [0.5, 0.6) is 0 Å². The van der Waals surface area contributed by atoms with E-state index in [1.807, 2.05) is 0 Å². The van der Waals surface area contributed by atoms with E-state index in [4.69, 9.17) is 23.7 Å². The molecule has 0 saturated carbocycles. The second kappa shape index (κ2) is 489. The largest absolute Gasteiger partial charge is 2.00 e. The third-order valence-electron chi connectivity index (χ3n) is 0. The minimum absolute atomic E-state index is 0. The maximum absolute atomic E-state index is 6.25. The molecule has 0 amide bonds. The number of hydrogen-bond acceptors (Lipinski definition) is 2. The summed E-state index contributed by atoms with van der Waals surface area (Å²) < 4.78 is 0. The van der Waals surface area contributed by atoms with Gasteiger partial charge in [0.2, 0.25) is 0 Å². The van der Waals surface area contributed by atoms with E-state index in [1.165, 1.54) is 0 Å². The molecule has 0 aliphatic heterocycles. The molecule has 0 aromatic carbocycles. The van der Waals surface area contributed by atoms with Crippen LogP contribution >= 0.6 is 0 Å². The van der Waals surface area contributed by atoms with Crippen molar-refractivity contribution in [2.45, 2.75) is 0 Å². The Balaban J connectivity index is -0.00000000500. The zero-order valence-corrected chi connectivity index (χ0v) is 6.20. The van der Waals surface area contributed by atoms with Crippen molar-refractivity contribution >= 4 is 29.6 Å². The summed E-state index contributed by atoms with van der Waals surface area (Å²) >= 11 is 0. The van der Waals surface area contributed by atoms with Gasteiger partial charge in [0.25, 0.3) is 0 Å². The molecule has 0 aliphatic carbocycles. The topological polar surface area (TPSA) is 47.6 Å². The second-order valence-corrected chi connectivity index (χ2v) is 0. The van der Waals surface area contributed by atoms with Gasteiger partial charge in [0, 0.05) is 29.6 Å². The van der Waals surface area contributed by atoms with Crippen LogP contribution in [-0.4, -0.2) is 29.6 Å². The molecular weight excluding hydrogens is 134 g/mol. The molecule has 0 fully saturated rings. The van der Waals surface area contributed by atoms with Crippen LogP contribution in [0.3, 0.4) is 0 Å². The molecule has 0 atom stereocenters. The van der Waals surface area contributed by atoms with E-state index in [1.54, 1.807) is 0 Å². The first-order valence-corrected chi connectivity index (χ1v) is 0.447. The van der Waals surface area contributed by atoms with Crippen LogP contribution in [0.4, 0.5) is 0 Å². The normalized spacial score (nSPS) is 0.667. The van der Waals surface area contributed by atoms with Gasteiger partial charge in [-0.2, -0.15) is 0 Å². The van der Waals surface area contributed by atoms with Gasteiger partial charge >= 0.3 is 16.5 Å². The molecule has 0 bridgehead atoms. The smallest absolute Gasteiger partial charge is 0.512 e. The summed E-state index contributed by atoms with van der Waals surface area (Å²) in [6.07, 6.45) is 0. The first-order chi connectivity index (χ1) is 2.00. The Morgan fingerprint density at radius 3 is 0.833 bits per heavy atom. The minimum Gasteiger partial charge on any atom is -0.512 e. The summed E-state index contributed by atoms with van der Waals surface area (Å²) in [7, 11) is 0. The van der Waals surface area contributed by atoms with Crippen LogP contribution in [-0.2, 0) is 16.5 Å². The molecule has 2 nitrogen and oxygen atoms in total. The van der Waals surface area contributed by atoms with Crippen molar-refractivity contribution in [3.63, 3.8) is 0 Å². The van der Waals surface area contributed by atoms with Crippen LogP contribution < -0.4 is 0 Å². The van der Waals surface area contributed by atoms with E-state index in [9.17, 15) is 0 Å². The quantitative estimate of drug-likeness (QED) is 0.340. The van der Waals surface area contributed by atoms with Crippen LogP contribution in [0.2, 0.25) is 0 Å². The Labute approximate surface area is 69.4 Å². The fourth-order valence-electron chi connectivity index (χ4n) is 0. The fraction of sp³-hybridized carbons (Fsp3) is 0. The molecule has 0 aliphatic rings. The van der Waals surface area contributed by atoms with Gasteiger partial charge in [-0.1, -0.05) is 0 Å². The molecule has 0 aromatic rings. The van der Waals surface area contributed by atoms with Gasteiger partial charge in [-0.05, 0) is 0 Å². The van der Waals surface area contributed by atoms with Crippen LogP contribution in [0.25, 0.3) is 0 Å². The maximum atomic E-state index is 6.25. The molecule has 6 heavy (non-hydrogen) atoms. The minimum atomic E-state index is 0. The van der Waals surface area contributed by atoms with Crippen molar-refractivity contribution < 1.29 is 16.5 Å². The molecule has 0 saturated heterocycles. The van der Waals surface area contributed by atoms with E-state index < -0.39 is 0 Å². The predicted molar refractivity (Wildman–Crippen MR) is 15.7 cm³/mol. The first-order valence-electron chi connectivity index (χ1n) is 0.447. The van der Waals surface area contributed by atoms with Gasteiger partial charge in [0.15, 0.2) is 0 Å². The molecule has 29 valence electrons. The van der Waals surface area contributed by atoms with Gasteiger partial charge < -0.3 is 23.7 Å². The molecule has 0 unspecified atom stereocenters. The third kappa shape index (κ3) is 241. The average molecular weight is 134 g/mol. The van der Waals surface area contributed by atoms with Crippen molar-refractivity contribution in [2.75, 3.05) is 0 Å². The van der Waals surface area contributed by atoms with Crippen molar-refractivity contribution in [3.8, 4) is 0 Å². The molecule has 0 spiro atoms. The van der Waals surface area contributed by atoms with Crippen molar-refractivity contribution in [1.82, 2.24) is 0 Å². The van der Waals surface area contributed by atoms with E-state index >= 15 is 0 Å². The van der Waals surface area contributed by atoms with Crippen molar-refractivity contribution in [3.05, 3.63) is 13.1 Å². The fourth-order valence-corrected chi connectivity index (χ4v) is 0. The zero-order valence-electron chi connectivity index (χ0n) is 3.21. The molecule has 4 heteroatoms. The summed E-state index contributed by atoms with van der Waals surface area (Å²) in [5.74, 6) is 0. The number of hydrogen-bond donors (Lipinski definition) is 0. The summed E-state index contributed by atoms with van der Waals surface area (Å²) in [6, 6.07) is 0. The molecule has 0 N–H and O–H groups in total. The Hall–Kier alpha value is 0.474. The van der Waals surface area contributed by atoms with Gasteiger partial charge in [-0.15, -0.1) is 0 Å². The summed E-state index contributed by atoms with van der Waals surface area (Å²) in [5.41, 5.74) is 0. The predicted octanol–water partition coefficient (Wildman–Crippen LogP) is -0.191. The van der Waals surface area contributed by atoms with Gasteiger partial charge in [0.1, 0.15) is 0 Å². The summed E-state index contributed by atoms with van der Waals surface area (Å²) in [4.78, 5) is 0. The van der Waals surface area contributed by atoms with E-state index in [2.05, 4.69) is 0 Å². The Bertz CT molecular complexity index is 27.0. The van der Waals surface area contributed by atoms with Gasteiger partial charge in [0.05, 0.1) is 0 Å². The van der Waals surface area contributed by atoms with Gasteiger partial charge in [-0.3, -0.25) is 0 Å². The van der Waals surface area contributed by atoms with Crippen LogP contribution in [0, 0.1) is 23.7 Å². The number of rotatable bonds is 0. The third-order valence-corrected chi connectivity index (χ3v) is 0. The molecule has 0 rings (SSSR count). The first kappa shape index (κ1) is 31.7. The number of nitrogens with zero attached hydrogens (tertiary/aromatic N) is 2. The molecule has 1 radical (unpaired) electrons. The van der Waals surface area contributed by atoms with Crippen molar-refractivity contribution in [1.29, 1.82) is 10.5 Å². The molecular formula is C2N2NaNi. The zero-order chi connectivity index (χ0) is 4.00.